The zero-order valence-electron chi connectivity index (χ0n) is 9.32. The summed E-state index contributed by atoms with van der Waals surface area (Å²) >= 11 is 0. The number of hydrogen-bond acceptors (Lipinski definition) is 1. The van der Waals surface area contributed by atoms with Crippen LogP contribution < -0.4 is 5.32 Å². The van der Waals surface area contributed by atoms with Gasteiger partial charge in [0.2, 0.25) is 0 Å². The predicted molar refractivity (Wildman–Crippen MR) is 58.9 cm³/mol. The molecule has 0 fully saturated rings. The van der Waals surface area contributed by atoms with Crippen LogP contribution in [-0.2, 0) is 0 Å². The Bertz CT molecular complexity index is 180. The van der Waals surface area contributed by atoms with Gasteiger partial charge in [-0.15, -0.1) is 0 Å². The van der Waals surface area contributed by atoms with Gasteiger partial charge in [0.15, 0.2) is 0 Å². The maximum absolute atomic E-state index is 3.44. The van der Waals surface area contributed by atoms with Crippen LogP contribution in [0.3, 0.4) is 0 Å². The highest BCUT2D eigenvalue weighted by atomic mass is 14.8. The molecule has 0 saturated heterocycles. The molecular formula is C12H23N. The molecule has 0 spiro atoms. The van der Waals surface area contributed by atoms with E-state index in [0.717, 1.165) is 6.54 Å². The lowest BCUT2D eigenvalue weighted by Crippen LogP contribution is -2.18. The summed E-state index contributed by atoms with van der Waals surface area (Å²) in [5, 5.41) is 3.44. The van der Waals surface area contributed by atoms with Crippen LogP contribution in [0, 0.1) is 5.41 Å². The SMILES string of the molecule is CCCC(C)(C)C1=CCCNCC1. The monoisotopic (exact) mass is 181 g/mol. The summed E-state index contributed by atoms with van der Waals surface area (Å²) < 4.78 is 0. The van der Waals surface area contributed by atoms with Crippen molar-refractivity contribution >= 4 is 0 Å². The first-order chi connectivity index (χ1) is 6.17. The molecule has 0 unspecified atom stereocenters. The normalized spacial score (nSPS) is 19.5. The van der Waals surface area contributed by atoms with Gasteiger partial charge < -0.3 is 5.32 Å². The Morgan fingerprint density at radius 2 is 2.15 bits per heavy atom. The van der Waals surface area contributed by atoms with E-state index in [1.54, 1.807) is 5.57 Å². The first kappa shape index (κ1) is 10.8. The van der Waals surface area contributed by atoms with Crippen LogP contribution in [0.25, 0.3) is 0 Å². The Hall–Kier alpha value is -0.300. The molecule has 0 amide bonds. The van der Waals surface area contributed by atoms with Gasteiger partial charge in [-0.25, -0.2) is 0 Å². The van der Waals surface area contributed by atoms with Gasteiger partial charge in [-0.2, -0.15) is 0 Å². The van der Waals surface area contributed by atoms with Gasteiger partial charge in [-0.3, -0.25) is 0 Å². The lowest BCUT2D eigenvalue weighted by molar-refractivity contribution is 0.389. The molecule has 1 heterocycles. The highest BCUT2D eigenvalue weighted by Gasteiger charge is 2.22. The second-order valence-corrected chi connectivity index (χ2v) is 4.65. The zero-order chi connectivity index (χ0) is 9.73. The van der Waals surface area contributed by atoms with Gasteiger partial charge in [-0.05, 0) is 37.8 Å². The average molecular weight is 181 g/mol. The summed E-state index contributed by atoms with van der Waals surface area (Å²) in [6.45, 7) is 9.36. The van der Waals surface area contributed by atoms with Crippen LogP contribution in [0.5, 0.6) is 0 Å². The van der Waals surface area contributed by atoms with E-state index in [9.17, 15) is 0 Å². The van der Waals surface area contributed by atoms with Crippen LogP contribution in [0.1, 0.15) is 46.5 Å². The Kier molecular flexibility index (Phi) is 3.98. The van der Waals surface area contributed by atoms with Crippen molar-refractivity contribution in [2.45, 2.75) is 46.5 Å². The Balaban J connectivity index is 2.61. The fraction of sp³-hybridized carbons (Fsp3) is 0.833. The zero-order valence-corrected chi connectivity index (χ0v) is 9.32. The first-order valence-electron chi connectivity index (χ1n) is 5.57. The predicted octanol–water partition coefficient (Wildman–Crippen LogP) is 3.12. The molecule has 1 heteroatoms. The van der Waals surface area contributed by atoms with E-state index in [1.807, 2.05) is 0 Å². The first-order valence-corrected chi connectivity index (χ1v) is 5.57. The molecule has 1 rings (SSSR count). The van der Waals surface area contributed by atoms with Crippen molar-refractivity contribution in [3.8, 4) is 0 Å². The summed E-state index contributed by atoms with van der Waals surface area (Å²) in [6.07, 6.45) is 7.52. The summed E-state index contributed by atoms with van der Waals surface area (Å²) in [4.78, 5) is 0. The van der Waals surface area contributed by atoms with Crippen molar-refractivity contribution in [1.29, 1.82) is 0 Å². The van der Waals surface area contributed by atoms with Crippen LogP contribution in [0.15, 0.2) is 11.6 Å². The van der Waals surface area contributed by atoms with Gasteiger partial charge in [-0.1, -0.05) is 38.8 Å². The molecule has 1 aliphatic heterocycles. The van der Waals surface area contributed by atoms with E-state index in [-0.39, 0.29) is 0 Å². The summed E-state index contributed by atoms with van der Waals surface area (Å²) in [5.41, 5.74) is 2.10. The molecule has 0 atom stereocenters. The standard InChI is InChI=1S/C12H23N/c1-4-8-12(2,3)11-6-5-9-13-10-7-11/h6,13H,4-5,7-10H2,1-3H3. The molecule has 0 saturated carbocycles. The molecule has 1 N–H and O–H groups in total. The third-order valence-corrected chi connectivity index (χ3v) is 3.03. The molecule has 0 aromatic heterocycles. The quantitative estimate of drug-likeness (QED) is 0.660. The van der Waals surface area contributed by atoms with Crippen molar-refractivity contribution in [2.24, 2.45) is 5.41 Å². The van der Waals surface area contributed by atoms with Crippen LogP contribution in [0.4, 0.5) is 0 Å². The minimum atomic E-state index is 0.431. The van der Waals surface area contributed by atoms with E-state index in [4.69, 9.17) is 0 Å². The number of hydrogen-bond donors (Lipinski definition) is 1. The van der Waals surface area contributed by atoms with Gasteiger partial charge in [0.1, 0.15) is 0 Å². The minimum Gasteiger partial charge on any atom is -0.316 e. The average Bonchev–Trinajstić information content (AvgIpc) is 2.31. The van der Waals surface area contributed by atoms with Crippen molar-refractivity contribution in [1.82, 2.24) is 5.32 Å². The van der Waals surface area contributed by atoms with Crippen molar-refractivity contribution in [3.05, 3.63) is 11.6 Å². The van der Waals surface area contributed by atoms with Gasteiger partial charge in [0, 0.05) is 0 Å². The molecule has 0 radical (unpaired) electrons. The number of nitrogens with one attached hydrogen (secondary N) is 1. The molecule has 13 heavy (non-hydrogen) atoms. The van der Waals surface area contributed by atoms with Gasteiger partial charge in [0.05, 0.1) is 0 Å². The third-order valence-electron chi connectivity index (χ3n) is 3.03. The maximum Gasteiger partial charge on any atom is -0.00113 e. The molecule has 76 valence electrons. The maximum atomic E-state index is 3.44. The van der Waals surface area contributed by atoms with Crippen molar-refractivity contribution in [3.63, 3.8) is 0 Å². The summed E-state index contributed by atoms with van der Waals surface area (Å²) in [6, 6.07) is 0. The molecule has 0 aliphatic carbocycles. The molecule has 0 bridgehead atoms. The molecule has 0 aromatic carbocycles. The summed E-state index contributed by atoms with van der Waals surface area (Å²) in [5.74, 6) is 0. The molecule has 1 nitrogen and oxygen atoms in total. The van der Waals surface area contributed by atoms with Crippen LogP contribution >= 0.6 is 0 Å². The fourth-order valence-corrected chi connectivity index (χ4v) is 2.20. The highest BCUT2D eigenvalue weighted by molar-refractivity contribution is 5.13. The lowest BCUT2D eigenvalue weighted by Gasteiger charge is -2.27. The van der Waals surface area contributed by atoms with Gasteiger partial charge in [0.25, 0.3) is 0 Å². The second kappa shape index (κ2) is 4.80. The van der Waals surface area contributed by atoms with E-state index in [0.29, 0.717) is 5.41 Å². The van der Waals surface area contributed by atoms with E-state index >= 15 is 0 Å². The van der Waals surface area contributed by atoms with Crippen molar-refractivity contribution < 1.29 is 0 Å². The van der Waals surface area contributed by atoms with Crippen molar-refractivity contribution in [2.75, 3.05) is 13.1 Å². The smallest absolute Gasteiger partial charge is 0.00113 e. The molecular weight excluding hydrogens is 158 g/mol. The molecule has 0 aromatic rings. The van der Waals surface area contributed by atoms with E-state index in [1.165, 1.54) is 32.2 Å². The number of rotatable bonds is 3. The third kappa shape index (κ3) is 3.15. The van der Waals surface area contributed by atoms with Crippen LogP contribution in [-0.4, -0.2) is 13.1 Å². The topological polar surface area (TPSA) is 12.0 Å². The molecule has 1 aliphatic rings. The summed E-state index contributed by atoms with van der Waals surface area (Å²) in [7, 11) is 0. The minimum absolute atomic E-state index is 0.431. The Morgan fingerprint density at radius 1 is 1.38 bits per heavy atom. The van der Waals surface area contributed by atoms with E-state index < -0.39 is 0 Å². The Morgan fingerprint density at radius 3 is 2.85 bits per heavy atom. The van der Waals surface area contributed by atoms with E-state index in [2.05, 4.69) is 32.2 Å². The Labute approximate surface area is 82.6 Å². The lowest BCUT2D eigenvalue weighted by atomic mass is 9.78. The van der Waals surface area contributed by atoms with Gasteiger partial charge >= 0.3 is 0 Å². The largest absolute Gasteiger partial charge is 0.316 e. The van der Waals surface area contributed by atoms with Crippen LogP contribution in [0.2, 0.25) is 0 Å². The second-order valence-electron chi connectivity index (χ2n) is 4.65. The highest BCUT2D eigenvalue weighted by Crippen LogP contribution is 2.34. The fourth-order valence-electron chi connectivity index (χ4n) is 2.20.